The molecule has 0 spiro atoms. The molecule has 1 saturated heterocycles. The fourth-order valence-corrected chi connectivity index (χ4v) is 3.47. The molecule has 2 aliphatic rings. The van der Waals surface area contributed by atoms with Crippen molar-refractivity contribution in [3.63, 3.8) is 0 Å². The maximum Gasteiger partial charge on any atom is 0.241 e. The fourth-order valence-electron chi connectivity index (χ4n) is 3.47. The minimum Gasteiger partial charge on any atom is -0.506 e. The first-order chi connectivity index (χ1) is 13.1. The van der Waals surface area contributed by atoms with Crippen molar-refractivity contribution in [1.29, 1.82) is 0 Å². The van der Waals surface area contributed by atoms with Crippen LogP contribution >= 0.6 is 0 Å². The second-order valence-electron chi connectivity index (χ2n) is 6.74. The summed E-state index contributed by atoms with van der Waals surface area (Å²) >= 11 is 0. The van der Waals surface area contributed by atoms with Gasteiger partial charge in [0.2, 0.25) is 12.7 Å². The summed E-state index contributed by atoms with van der Waals surface area (Å²) in [6.45, 7) is 5.16. The van der Waals surface area contributed by atoms with E-state index in [0.717, 1.165) is 31.9 Å². The van der Waals surface area contributed by atoms with E-state index in [4.69, 9.17) is 9.47 Å². The third kappa shape index (κ3) is 3.64. The number of carbonyl (C=O) groups is 1. The Morgan fingerprint density at radius 1 is 1.07 bits per heavy atom. The smallest absolute Gasteiger partial charge is 0.241 e. The molecular weight excluding hydrogens is 346 g/mol. The van der Waals surface area contributed by atoms with Gasteiger partial charge < -0.3 is 24.8 Å². The van der Waals surface area contributed by atoms with Crippen LogP contribution < -0.4 is 19.7 Å². The molecule has 7 nitrogen and oxygen atoms in total. The van der Waals surface area contributed by atoms with Gasteiger partial charge >= 0.3 is 0 Å². The Morgan fingerprint density at radius 3 is 2.59 bits per heavy atom. The second-order valence-corrected chi connectivity index (χ2v) is 6.74. The van der Waals surface area contributed by atoms with Crippen molar-refractivity contribution < 1.29 is 19.4 Å². The van der Waals surface area contributed by atoms with Gasteiger partial charge in [-0.25, -0.2) is 0 Å². The predicted molar refractivity (Wildman–Crippen MR) is 103 cm³/mol. The van der Waals surface area contributed by atoms with E-state index in [1.54, 1.807) is 18.2 Å². The van der Waals surface area contributed by atoms with Crippen LogP contribution in [0.3, 0.4) is 0 Å². The summed E-state index contributed by atoms with van der Waals surface area (Å²) in [6, 6.07) is 12.5. The molecule has 1 atom stereocenters. The highest BCUT2D eigenvalue weighted by atomic mass is 16.7. The highest BCUT2D eigenvalue weighted by Gasteiger charge is 2.26. The van der Waals surface area contributed by atoms with Crippen LogP contribution in [0.4, 0.5) is 11.4 Å². The fraction of sp³-hybridized carbons (Fsp3) is 0.350. The van der Waals surface area contributed by atoms with Crippen LogP contribution in [0.2, 0.25) is 0 Å². The highest BCUT2D eigenvalue weighted by Crippen LogP contribution is 2.34. The predicted octanol–water partition coefficient (Wildman–Crippen LogP) is 2.27. The molecule has 1 unspecified atom stereocenters. The first-order valence-electron chi connectivity index (χ1n) is 9.09. The van der Waals surface area contributed by atoms with Gasteiger partial charge in [-0.2, -0.15) is 0 Å². The first-order valence-corrected chi connectivity index (χ1v) is 9.09. The minimum absolute atomic E-state index is 0.0510. The van der Waals surface area contributed by atoms with Gasteiger partial charge in [-0.3, -0.25) is 9.69 Å². The first kappa shape index (κ1) is 17.5. The summed E-state index contributed by atoms with van der Waals surface area (Å²) < 4.78 is 10.6. The number of para-hydroxylation sites is 2. The average Bonchev–Trinajstić information content (AvgIpc) is 3.16. The van der Waals surface area contributed by atoms with Crippen molar-refractivity contribution in [2.75, 3.05) is 43.2 Å². The van der Waals surface area contributed by atoms with Crippen LogP contribution in [0, 0.1) is 0 Å². The van der Waals surface area contributed by atoms with E-state index >= 15 is 0 Å². The Bertz CT molecular complexity index is 834. The molecule has 0 saturated carbocycles. The third-order valence-electron chi connectivity index (χ3n) is 5.10. The number of rotatable bonds is 4. The molecule has 2 aromatic carbocycles. The molecule has 0 radical (unpaired) electrons. The zero-order chi connectivity index (χ0) is 18.8. The molecule has 2 aromatic rings. The molecule has 0 aromatic heterocycles. The number of amides is 1. The van der Waals surface area contributed by atoms with Gasteiger partial charge in [-0.15, -0.1) is 0 Å². The van der Waals surface area contributed by atoms with Gasteiger partial charge in [-0.05, 0) is 31.2 Å². The van der Waals surface area contributed by atoms with E-state index in [1.807, 2.05) is 31.2 Å². The lowest BCUT2D eigenvalue weighted by Crippen LogP contribution is -2.52. The molecular formula is C20H23N3O4. The normalized spacial score (nSPS) is 17.6. The summed E-state index contributed by atoms with van der Waals surface area (Å²) in [5.74, 6) is 1.59. The van der Waals surface area contributed by atoms with Gasteiger partial charge in [0.15, 0.2) is 11.5 Å². The number of phenols is 1. The van der Waals surface area contributed by atoms with Crippen LogP contribution in [-0.4, -0.2) is 54.9 Å². The van der Waals surface area contributed by atoms with E-state index in [1.165, 1.54) is 0 Å². The number of carbonyl (C=O) groups excluding carboxylic acids is 1. The van der Waals surface area contributed by atoms with Gasteiger partial charge in [0, 0.05) is 37.9 Å². The number of nitrogens with zero attached hydrogens (tertiary/aromatic N) is 2. The number of nitrogens with one attached hydrogen (secondary N) is 1. The quantitative estimate of drug-likeness (QED) is 0.861. The number of anilines is 2. The second kappa shape index (κ2) is 7.36. The maximum absolute atomic E-state index is 12.6. The molecule has 4 rings (SSSR count). The topological polar surface area (TPSA) is 74.3 Å². The standard InChI is InChI=1S/C20H23N3O4/c1-14(20(25)21-15-6-7-18-19(12-15)27-13-26-18)22-8-10-23(11-9-22)16-4-2-3-5-17(16)24/h2-7,12,14,24H,8-11,13H2,1H3,(H,21,25). The molecule has 7 heteroatoms. The molecule has 2 aliphatic heterocycles. The maximum atomic E-state index is 12.6. The molecule has 142 valence electrons. The van der Waals surface area contributed by atoms with Crippen LogP contribution in [-0.2, 0) is 4.79 Å². The van der Waals surface area contributed by atoms with Crippen molar-refractivity contribution in [3.05, 3.63) is 42.5 Å². The van der Waals surface area contributed by atoms with Crippen LogP contribution in [0.25, 0.3) is 0 Å². The summed E-state index contributed by atoms with van der Waals surface area (Å²) in [7, 11) is 0. The summed E-state index contributed by atoms with van der Waals surface area (Å²) in [5.41, 5.74) is 1.54. The van der Waals surface area contributed by atoms with Crippen LogP contribution in [0.15, 0.2) is 42.5 Å². The minimum atomic E-state index is -0.248. The molecule has 2 heterocycles. The number of hydrogen-bond donors (Lipinski definition) is 2. The largest absolute Gasteiger partial charge is 0.506 e. The monoisotopic (exact) mass is 369 g/mol. The van der Waals surface area contributed by atoms with E-state index in [0.29, 0.717) is 22.9 Å². The Morgan fingerprint density at radius 2 is 1.81 bits per heavy atom. The zero-order valence-electron chi connectivity index (χ0n) is 15.2. The van der Waals surface area contributed by atoms with Gasteiger partial charge in [0.05, 0.1) is 11.7 Å². The molecule has 27 heavy (non-hydrogen) atoms. The van der Waals surface area contributed by atoms with Crippen LogP contribution in [0.5, 0.6) is 17.2 Å². The van der Waals surface area contributed by atoms with Gasteiger partial charge in [0.1, 0.15) is 5.75 Å². The SMILES string of the molecule is CC(C(=O)Nc1ccc2c(c1)OCO2)N1CCN(c2ccccc2O)CC1. The van der Waals surface area contributed by atoms with Crippen molar-refractivity contribution >= 4 is 17.3 Å². The number of phenolic OH excluding ortho intramolecular Hbond substituents is 1. The number of benzene rings is 2. The average molecular weight is 369 g/mol. The summed E-state index contributed by atoms with van der Waals surface area (Å²) in [4.78, 5) is 16.9. The lowest BCUT2D eigenvalue weighted by molar-refractivity contribution is -0.120. The third-order valence-corrected chi connectivity index (χ3v) is 5.10. The Balaban J connectivity index is 1.34. The van der Waals surface area contributed by atoms with E-state index in [-0.39, 0.29) is 18.7 Å². The Labute approximate surface area is 158 Å². The van der Waals surface area contributed by atoms with E-state index in [9.17, 15) is 9.90 Å². The number of aromatic hydroxyl groups is 1. The summed E-state index contributed by atoms with van der Waals surface area (Å²) in [5, 5.41) is 13.0. The lowest BCUT2D eigenvalue weighted by atomic mass is 10.2. The van der Waals surface area contributed by atoms with Crippen molar-refractivity contribution in [1.82, 2.24) is 4.90 Å². The number of fused-ring (bicyclic) bond motifs is 1. The molecule has 0 bridgehead atoms. The molecule has 0 aliphatic carbocycles. The van der Waals surface area contributed by atoms with E-state index < -0.39 is 0 Å². The number of hydrogen-bond acceptors (Lipinski definition) is 6. The molecule has 1 fully saturated rings. The number of ether oxygens (including phenoxy) is 2. The highest BCUT2D eigenvalue weighted by molar-refractivity contribution is 5.94. The lowest BCUT2D eigenvalue weighted by Gasteiger charge is -2.38. The zero-order valence-corrected chi connectivity index (χ0v) is 15.2. The molecule has 1 amide bonds. The molecule has 2 N–H and O–H groups in total. The van der Waals surface area contributed by atoms with E-state index in [2.05, 4.69) is 15.1 Å². The Kier molecular flexibility index (Phi) is 4.77. The van der Waals surface area contributed by atoms with Gasteiger partial charge in [0.25, 0.3) is 0 Å². The number of piperazine rings is 1. The Hall–Kier alpha value is -2.93. The summed E-state index contributed by atoms with van der Waals surface area (Å²) in [6.07, 6.45) is 0. The van der Waals surface area contributed by atoms with Crippen molar-refractivity contribution in [2.24, 2.45) is 0 Å². The van der Waals surface area contributed by atoms with Crippen molar-refractivity contribution in [2.45, 2.75) is 13.0 Å². The van der Waals surface area contributed by atoms with Gasteiger partial charge in [-0.1, -0.05) is 12.1 Å². The van der Waals surface area contributed by atoms with Crippen LogP contribution in [0.1, 0.15) is 6.92 Å². The van der Waals surface area contributed by atoms with Crippen molar-refractivity contribution in [3.8, 4) is 17.2 Å².